The number of aromatic nitrogens is 1. The van der Waals surface area contributed by atoms with Crippen molar-refractivity contribution in [1.82, 2.24) is 15.2 Å². The Bertz CT molecular complexity index is 907. The van der Waals surface area contributed by atoms with E-state index in [0.717, 1.165) is 15.6 Å². The fourth-order valence-corrected chi connectivity index (χ4v) is 4.53. The number of fused-ring (bicyclic) bond motifs is 2. The summed E-state index contributed by atoms with van der Waals surface area (Å²) in [6, 6.07) is 9.68. The molecule has 5 nitrogen and oxygen atoms in total. The SMILES string of the molecule is CN1C(=O)C2(CC(C)(Cc3cccnc3)Oc3ccc(Br)cc32)NC1=S. The average Bonchev–Trinajstić information content (AvgIpc) is 2.81. The molecule has 2 unspecified atom stereocenters. The Kier molecular flexibility index (Phi) is 4.04. The van der Waals surface area contributed by atoms with E-state index in [0.29, 0.717) is 23.7 Å². The number of thiocarbonyl (C=S) groups is 1. The van der Waals surface area contributed by atoms with Crippen LogP contribution in [0.15, 0.2) is 47.2 Å². The molecule has 4 rings (SSSR count). The van der Waals surface area contributed by atoms with Gasteiger partial charge in [0, 0.05) is 42.3 Å². The molecule has 1 amide bonds. The van der Waals surface area contributed by atoms with Crippen LogP contribution in [0.5, 0.6) is 5.75 Å². The summed E-state index contributed by atoms with van der Waals surface area (Å²) in [6.45, 7) is 2.03. The van der Waals surface area contributed by atoms with Crippen molar-refractivity contribution in [2.45, 2.75) is 30.9 Å². The van der Waals surface area contributed by atoms with Gasteiger partial charge in [-0.15, -0.1) is 0 Å². The van der Waals surface area contributed by atoms with Gasteiger partial charge in [0.2, 0.25) is 0 Å². The highest BCUT2D eigenvalue weighted by Gasteiger charge is 2.57. The van der Waals surface area contributed by atoms with Crippen LogP contribution in [-0.2, 0) is 16.8 Å². The summed E-state index contributed by atoms with van der Waals surface area (Å²) in [6.07, 6.45) is 4.70. The zero-order valence-corrected chi connectivity index (χ0v) is 16.9. The standard InChI is InChI=1S/C19H18BrN3O2S/c1-18(9-12-4-3-7-21-10-12)11-19(16(24)23(2)17(26)22-19)14-8-13(20)5-6-15(14)25-18/h3-8,10H,9,11H2,1-2H3,(H,22,26). The first-order valence-electron chi connectivity index (χ1n) is 8.31. The molecule has 0 saturated carbocycles. The topological polar surface area (TPSA) is 54.5 Å². The van der Waals surface area contributed by atoms with Gasteiger partial charge in [-0.25, -0.2) is 0 Å². The molecule has 0 aliphatic carbocycles. The fraction of sp³-hybridized carbons (Fsp3) is 0.316. The van der Waals surface area contributed by atoms with E-state index in [-0.39, 0.29) is 5.91 Å². The molecule has 2 aliphatic heterocycles. The van der Waals surface area contributed by atoms with Crippen LogP contribution in [0.3, 0.4) is 0 Å². The van der Waals surface area contributed by atoms with Gasteiger partial charge in [0.05, 0.1) is 0 Å². The number of likely N-dealkylation sites (N-methyl/N-ethyl adjacent to an activating group) is 1. The van der Waals surface area contributed by atoms with Crippen LogP contribution in [-0.4, -0.2) is 33.6 Å². The molecule has 0 bridgehead atoms. The molecule has 7 heteroatoms. The monoisotopic (exact) mass is 431 g/mol. The minimum absolute atomic E-state index is 0.0532. The lowest BCUT2D eigenvalue weighted by molar-refractivity contribution is -0.134. The van der Waals surface area contributed by atoms with Crippen LogP contribution in [0.4, 0.5) is 0 Å². The third kappa shape index (κ3) is 2.70. The van der Waals surface area contributed by atoms with Crippen LogP contribution >= 0.6 is 28.1 Å². The van der Waals surface area contributed by atoms with Crippen molar-refractivity contribution in [2.75, 3.05) is 7.05 Å². The Morgan fingerprint density at radius 2 is 2.23 bits per heavy atom. The molecule has 1 spiro atoms. The zero-order chi connectivity index (χ0) is 18.5. The molecule has 2 aromatic rings. The van der Waals surface area contributed by atoms with Crippen LogP contribution in [0.2, 0.25) is 0 Å². The van der Waals surface area contributed by atoms with Crippen molar-refractivity contribution >= 4 is 39.2 Å². The van der Waals surface area contributed by atoms with E-state index in [2.05, 4.69) is 26.2 Å². The lowest BCUT2D eigenvalue weighted by Gasteiger charge is -2.44. The normalized spacial score (nSPS) is 27.3. The van der Waals surface area contributed by atoms with Gasteiger partial charge in [-0.05, 0) is 49.0 Å². The number of rotatable bonds is 2. The molecule has 2 aliphatic rings. The molecule has 0 radical (unpaired) electrons. The van der Waals surface area contributed by atoms with Crippen LogP contribution < -0.4 is 10.1 Å². The van der Waals surface area contributed by atoms with Crippen molar-refractivity contribution < 1.29 is 9.53 Å². The summed E-state index contributed by atoms with van der Waals surface area (Å²) in [7, 11) is 1.71. The molecule has 26 heavy (non-hydrogen) atoms. The number of pyridine rings is 1. The van der Waals surface area contributed by atoms with Gasteiger partial charge in [0.15, 0.2) is 10.7 Å². The number of ether oxygens (including phenoxy) is 1. The zero-order valence-electron chi connectivity index (χ0n) is 14.5. The summed E-state index contributed by atoms with van der Waals surface area (Å²) < 4.78 is 7.27. The fourth-order valence-electron chi connectivity index (χ4n) is 3.92. The summed E-state index contributed by atoms with van der Waals surface area (Å²) in [4.78, 5) is 18.9. The number of halogens is 1. The van der Waals surface area contributed by atoms with E-state index < -0.39 is 11.1 Å². The molecule has 1 fully saturated rings. The van der Waals surface area contributed by atoms with Gasteiger partial charge in [0.1, 0.15) is 11.4 Å². The van der Waals surface area contributed by atoms with Gasteiger partial charge in [-0.1, -0.05) is 22.0 Å². The molecule has 1 N–H and O–H groups in total. The van der Waals surface area contributed by atoms with Crippen molar-refractivity contribution in [2.24, 2.45) is 0 Å². The van der Waals surface area contributed by atoms with E-state index in [1.807, 2.05) is 43.5 Å². The van der Waals surface area contributed by atoms with E-state index in [1.165, 1.54) is 4.90 Å². The number of carbonyl (C=O) groups is 1. The van der Waals surface area contributed by atoms with E-state index in [4.69, 9.17) is 17.0 Å². The summed E-state index contributed by atoms with van der Waals surface area (Å²) in [5.41, 5.74) is 0.382. The minimum atomic E-state index is -0.917. The predicted octanol–water partition coefficient (Wildman–Crippen LogP) is 3.17. The third-order valence-corrected chi connectivity index (χ3v) is 5.86. The molecule has 1 aromatic carbocycles. The first-order valence-corrected chi connectivity index (χ1v) is 9.51. The lowest BCUT2D eigenvalue weighted by atomic mass is 9.75. The Morgan fingerprint density at radius 3 is 2.88 bits per heavy atom. The first-order chi connectivity index (χ1) is 12.3. The number of nitrogens with zero attached hydrogens (tertiary/aromatic N) is 2. The molecular weight excluding hydrogens is 414 g/mol. The highest BCUT2D eigenvalue weighted by atomic mass is 79.9. The van der Waals surface area contributed by atoms with Gasteiger partial charge in [-0.2, -0.15) is 0 Å². The molecule has 1 aromatic heterocycles. The third-order valence-electron chi connectivity index (χ3n) is 4.99. The second kappa shape index (κ2) is 6.03. The van der Waals surface area contributed by atoms with Crippen molar-refractivity contribution in [3.05, 3.63) is 58.3 Å². The van der Waals surface area contributed by atoms with Crippen molar-refractivity contribution in [3.63, 3.8) is 0 Å². The number of hydrogen-bond acceptors (Lipinski definition) is 4. The molecule has 3 heterocycles. The van der Waals surface area contributed by atoms with Gasteiger partial charge < -0.3 is 10.1 Å². The molecule has 134 valence electrons. The lowest BCUT2D eigenvalue weighted by Crippen LogP contribution is -2.55. The maximum atomic E-state index is 13.2. The maximum absolute atomic E-state index is 13.2. The summed E-state index contributed by atoms with van der Waals surface area (Å²) in [5.74, 6) is 0.646. The van der Waals surface area contributed by atoms with Crippen molar-refractivity contribution in [1.29, 1.82) is 0 Å². The smallest absolute Gasteiger partial charge is 0.259 e. The number of carbonyl (C=O) groups excluding carboxylic acids is 1. The van der Waals surface area contributed by atoms with E-state index >= 15 is 0 Å². The van der Waals surface area contributed by atoms with Crippen molar-refractivity contribution in [3.8, 4) is 5.75 Å². The molecule has 2 atom stereocenters. The molecular formula is C19H18BrN3O2S. The van der Waals surface area contributed by atoms with Crippen LogP contribution in [0.25, 0.3) is 0 Å². The average molecular weight is 432 g/mol. The first kappa shape index (κ1) is 17.4. The summed E-state index contributed by atoms with van der Waals surface area (Å²) >= 11 is 8.87. The highest BCUT2D eigenvalue weighted by Crippen LogP contribution is 2.48. The number of benzene rings is 1. The minimum Gasteiger partial charge on any atom is -0.487 e. The van der Waals surface area contributed by atoms with Gasteiger partial charge in [-0.3, -0.25) is 14.7 Å². The van der Waals surface area contributed by atoms with Gasteiger partial charge >= 0.3 is 0 Å². The van der Waals surface area contributed by atoms with Crippen LogP contribution in [0.1, 0.15) is 24.5 Å². The second-order valence-electron chi connectivity index (χ2n) is 7.11. The van der Waals surface area contributed by atoms with E-state index in [9.17, 15) is 4.79 Å². The molecule has 1 saturated heterocycles. The summed E-state index contributed by atoms with van der Waals surface area (Å²) in [5, 5.41) is 3.72. The maximum Gasteiger partial charge on any atom is 0.259 e. The van der Waals surface area contributed by atoms with Gasteiger partial charge in [0.25, 0.3) is 5.91 Å². The second-order valence-corrected chi connectivity index (χ2v) is 8.41. The number of amides is 1. The number of nitrogens with one attached hydrogen (secondary N) is 1. The van der Waals surface area contributed by atoms with E-state index in [1.54, 1.807) is 13.2 Å². The Labute approximate surface area is 165 Å². The predicted molar refractivity (Wildman–Crippen MR) is 106 cm³/mol. The van der Waals surface area contributed by atoms with Crippen LogP contribution in [0, 0.1) is 0 Å². The number of hydrogen-bond donors (Lipinski definition) is 1. The Morgan fingerprint density at radius 1 is 1.42 bits per heavy atom. The Hall–Kier alpha value is -1.99. The largest absolute Gasteiger partial charge is 0.487 e. The highest BCUT2D eigenvalue weighted by molar-refractivity contribution is 9.10. The quantitative estimate of drug-likeness (QED) is 0.739. The Balaban J connectivity index is 1.82.